The maximum absolute atomic E-state index is 11.9. The second-order valence-corrected chi connectivity index (χ2v) is 11.8. The van der Waals surface area contributed by atoms with Crippen LogP contribution in [0.2, 0.25) is 0 Å². The molecule has 0 saturated heterocycles. The predicted octanol–water partition coefficient (Wildman–Crippen LogP) is 6.10. The van der Waals surface area contributed by atoms with Crippen molar-refractivity contribution in [2.45, 2.75) is 109 Å². The number of esters is 1. The van der Waals surface area contributed by atoms with Crippen molar-refractivity contribution in [3.05, 3.63) is 0 Å². The largest absolute Gasteiger partial charge is 0.472 e. The van der Waals surface area contributed by atoms with Gasteiger partial charge in [-0.05, 0) is 6.42 Å². The Hall–Kier alpha value is -0.540. The fourth-order valence-electron chi connectivity index (χ4n) is 3.48. The van der Waals surface area contributed by atoms with Crippen LogP contribution in [-0.2, 0) is 28.0 Å². The average molecular weight is 527 g/mol. The highest BCUT2D eigenvalue weighted by molar-refractivity contribution is 7.47. The van der Waals surface area contributed by atoms with Gasteiger partial charge in [0.05, 0.1) is 27.7 Å². The summed E-state index contributed by atoms with van der Waals surface area (Å²) in [5, 5.41) is 8.94. The molecule has 2 atom stereocenters. The van der Waals surface area contributed by atoms with E-state index in [1.807, 2.05) is 21.1 Å². The van der Waals surface area contributed by atoms with Gasteiger partial charge < -0.3 is 14.1 Å². The van der Waals surface area contributed by atoms with Crippen LogP contribution >= 0.6 is 7.82 Å². The molecule has 0 aliphatic carbocycles. The number of quaternary nitrogens is 1. The number of ether oxygens (including phenoxy) is 1. The molecule has 0 aromatic rings. The van der Waals surface area contributed by atoms with Gasteiger partial charge in [0, 0.05) is 6.42 Å². The van der Waals surface area contributed by atoms with E-state index in [0.29, 0.717) is 17.4 Å². The molecular formula is C25H53NO8P+. The Morgan fingerprint density at radius 3 is 1.74 bits per heavy atom. The van der Waals surface area contributed by atoms with Gasteiger partial charge in [0.25, 0.3) is 0 Å². The fourth-order valence-corrected chi connectivity index (χ4v) is 4.22. The SMILES string of the molecule is CCCCCCCCCCCCCCCCC(=O)OCC(COP(=O)(O)OCC[N+](C)(C)C)OO. The Balaban J connectivity index is 3.68. The Morgan fingerprint density at radius 1 is 0.800 bits per heavy atom. The Labute approximate surface area is 213 Å². The average Bonchev–Trinajstić information content (AvgIpc) is 2.78. The monoisotopic (exact) mass is 526 g/mol. The second kappa shape index (κ2) is 21.5. The lowest BCUT2D eigenvalue weighted by molar-refractivity contribution is -0.870. The van der Waals surface area contributed by atoms with Crippen LogP contribution in [0.4, 0.5) is 0 Å². The molecule has 2 N–H and O–H groups in total. The van der Waals surface area contributed by atoms with Gasteiger partial charge in [-0.15, -0.1) is 0 Å². The maximum atomic E-state index is 11.9. The number of unbranched alkanes of at least 4 members (excludes halogenated alkanes) is 13. The summed E-state index contributed by atoms with van der Waals surface area (Å²) in [6.07, 6.45) is 16.7. The number of carbonyl (C=O) groups excluding carboxylic acids is 1. The molecule has 210 valence electrons. The molecule has 0 bridgehead atoms. The van der Waals surface area contributed by atoms with Crippen LogP contribution in [0.3, 0.4) is 0 Å². The first-order chi connectivity index (χ1) is 16.6. The molecule has 0 spiro atoms. The summed E-state index contributed by atoms with van der Waals surface area (Å²) in [6.45, 7) is 2.09. The quantitative estimate of drug-likeness (QED) is 0.0367. The first-order valence-electron chi connectivity index (χ1n) is 13.5. The third kappa shape index (κ3) is 24.9. The van der Waals surface area contributed by atoms with Gasteiger partial charge in [0.2, 0.25) is 0 Å². The standard InChI is InChI=1S/C25H52NO8P/c1-5-6-7-8-9-10-11-12-13-14-15-16-17-18-19-25(27)31-22-24(34-28)23-33-35(29,30)32-21-20-26(2,3)4/h24H,5-23H2,1-4H3,(H-,28,29,30)/p+1. The van der Waals surface area contributed by atoms with Crippen LogP contribution in [0, 0.1) is 0 Å². The molecule has 0 heterocycles. The highest BCUT2D eigenvalue weighted by Gasteiger charge is 2.25. The van der Waals surface area contributed by atoms with Crippen LogP contribution in [0.5, 0.6) is 0 Å². The molecule has 0 saturated carbocycles. The molecule has 0 amide bonds. The van der Waals surface area contributed by atoms with E-state index in [9.17, 15) is 14.3 Å². The summed E-state index contributed by atoms with van der Waals surface area (Å²) in [4.78, 5) is 25.8. The number of hydrogen-bond acceptors (Lipinski definition) is 7. The molecule has 9 nitrogen and oxygen atoms in total. The molecule has 0 aliphatic heterocycles. The van der Waals surface area contributed by atoms with Crippen molar-refractivity contribution in [2.24, 2.45) is 0 Å². The lowest BCUT2D eigenvalue weighted by Gasteiger charge is -2.24. The van der Waals surface area contributed by atoms with Crippen molar-refractivity contribution in [2.75, 3.05) is 47.5 Å². The highest BCUT2D eigenvalue weighted by atomic mass is 31.2. The van der Waals surface area contributed by atoms with E-state index in [-0.39, 0.29) is 13.2 Å². The van der Waals surface area contributed by atoms with Crippen molar-refractivity contribution in [1.29, 1.82) is 0 Å². The Bertz CT molecular complexity index is 556. The molecule has 10 heteroatoms. The van der Waals surface area contributed by atoms with E-state index < -0.39 is 26.5 Å². The van der Waals surface area contributed by atoms with Crippen molar-refractivity contribution in [1.82, 2.24) is 0 Å². The number of rotatable bonds is 25. The lowest BCUT2D eigenvalue weighted by atomic mass is 10.0. The third-order valence-corrected chi connectivity index (χ3v) is 6.74. The minimum atomic E-state index is -4.28. The first kappa shape index (κ1) is 34.5. The number of hydrogen-bond donors (Lipinski definition) is 2. The molecule has 35 heavy (non-hydrogen) atoms. The number of phosphoric ester groups is 1. The maximum Gasteiger partial charge on any atom is 0.472 e. The van der Waals surface area contributed by atoms with E-state index >= 15 is 0 Å². The van der Waals surface area contributed by atoms with Crippen LogP contribution in [0.1, 0.15) is 103 Å². The minimum Gasteiger partial charge on any atom is -0.463 e. The van der Waals surface area contributed by atoms with E-state index in [4.69, 9.17) is 19.0 Å². The zero-order valence-corrected chi connectivity index (χ0v) is 23.6. The smallest absolute Gasteiger partial charge is 0.463 e. The topological polar surface area (TPSA) is 112 Å². The Morgan fingerprint density at radius 2 is 1.29 bits per heavy atom. The number of likely N-dealkylation sites (N-methyl/N-ethyl adjacent to an activating group) is 1. The second-order valence-electron chi connectivity index (χ2n) is 10.4. The van der Waals surface area contributed by atoms with E-state index in [2.05, 4.69) is 11.8 Å². The van der Waals surface area contributed by atoms with Crippen LogP contribution in [-0.4, -0.2) is 74.2 Å². The van der Waals surface area contributed by atoms with Crippen LogP contribution in [0.15, 0.2) is 0 Å². The van der Waals surface area contributed by atoms with Gasteiger partial charge >= 0.3 is 13.8 Å². The summed E-state index contributed by atoms with van der Waals surface area (Å²) in [5.41, 5.74) is 0. The summed E-state index contributed by atoms with van der Waals surface area (Å²) < 4.78 is 27.2. The van der Waals surface area contributed by atoms with Crippen molar-refractivity contribution >= 4 is 13.8 Å². The highest BCUT2D eigenvalue weighted by Crippen LogP contribution is 2.43. The van der Waals surface area contributed by atoms with Gasteiger partial charge in [0.1, 0.15) is 19.8 Å². The Kier molecular flexibility index (Phi) is 21.2. The zero-order chi connectivity index (χ0) is 26.4. The third-order valence-electron chi connectivity index (χ3n) is 5.75. The van der Waals surface area contributed by atoms with Crippen molar-refractivity contribution in [3.63, 3.8) is 0 Å². The molecule has 0 aliphatic rings. The molecule has 0 aromatic carbocycles. The van der Waals surface area contributed by atoms with E-state index in [1.54, 1.807) is 0 Å². The predicted molar refractivity (Wildman–Crippen MR) is 138 cm³/mol. The summed E-state index contributed by atoms with van der Waals surface area (Å²) >= 11 is 0. The van der Waals surface area contributed by atoms with Crippen molar-refractivity contribution in [3.8, 4) is 0 Å². The van der Waals surface area contributed by atoms with Gasteiger partial charge in [-0.2, -0.15) is 0 Å². The lowest BCUT2D eigenvalue weighted by Crippen LogP contribution is -2.37. The van der Waals surface area contributed by atoms with Gasteiger partial charge in [-0.25, -0.2) is 9.45 Å². The molecular weight excluding hydrogens is 473 g/mol. The van der Waals surface area contributed by atoms with Crippen molar-refractivity contribution < 1.29 is 42.7 Å². The van der Waals surface area contributed by atoms with Gasteiger partial charge in [0.15, 0.2) is 6.10 Å². The summed E-state index contributed by atoms with van der Waals surface area (Å²) in [6, 6.07) is 0. The minimum absolute atomic E-state index is 0.0378. The summed E-state index contributed by atoms with van der Waals surface area (Å²) in [7, 11) is 1.50. The molecule has 0 aromatic heterocycles. The summed E-state index contributed by atoms with van der Waals surface area (Å²) in [5.74, 6) is -0.391. The normalized spacial score (nSPS) is 14.6. The zero-order valence-electron chi connectivity index (χ0n) is 22.8. The molecule has 0 rings (SSSR count). The van der Waals surface area contributed by atoms with Crippen LogP contribution < -0.4 is 0 Å². The fraction of sp³-hybridized carbons (Fsp3) is 0.960. The number of nitrogens with zero attached hydrogens (tertiary/aromatic N) is 1. The van der Waals surface area contributed by atoms with Crippen LogP contribution in [0.25, 0.3) is 0 Å². The number of carbonyl (C=O) groups is 1. The van der Waals surface area contributed by atoms with E-state index in [1.165, 1.54) is 70.6 Å². The van der Waals surface area contributed by atoms with E-state index in [0.717, 1.165) is 19.3 Å². The first-order valence-corrected chi connectivity index (χ1v) is 15.0. The molecule has 2 unspecified atom stereocenters. The van der Waals surface area contributed by atoms with Gasteiger partial charge in [-0.3, -0.25) is 19.1 Å². The number of phosphoric acid groups is 1. The molecule has 0 fully saturated rings. The molecule has 0 radical (unpaired) electrons. The van der Waals surface area contributed by atoms with Gasteiger partial charge in [-0.1, -0.05) is 90.4 Å².